The summed E-state index contributed by atoms with van der Waals surface area (Å²) in [6, 6.07) is 3.89. The second-order valence-corrected chi connectivity index (χ2v) is 4.41. The maximum Gasteiger partial charge on any atom is 0.303 e. The van der Waals surface area contributed by atoms with Crippen LogP contribution in [0.4, 0.5) is 5.69 Å². The molecule has 1 aliphatic heterocycles. The van der Waals surface area contributed by atoms with E-state index in [4.69, 9.17) is 14.6 Å². The number of carboxylic acid groups (broad SMARTS) is 1. The summed E-state index contributed by atoms with van der Waals surface area (Å²) in [4.78, 5) is 12.5. The van der Waals surface area contributed by atoms with E-state index in [0.717, 1.165) is 22.7 Å². The van der Waals surface area contributed by atoms with Gasteiger partial charge in [-0.2, -0.15) is 0 Å². The monoisotopic (exact) mass is 251 g/mol. The van der Waals surface area contributed by atoms with Crippen molar-refractivity contribution in [3.05, 3.63) is 17.7 Å². The van der Waals surface area contributed by atoms with Crippen molar-refractivity contribution in [1.82, 2.24) is 0 Å². The molecule has 1 aromatic rings. The zero-order valence-corrected chi connectivity index (χ0v) is 10.6. The van der Waals surface area contributed by atoms with Crippen molar-refractivity contribution in [3.63, 3.8) is 0 Å². The van der Waals surface area contributed by atoms with Gasteiger partial charge in [0.25, 0.3) is 0 Å². The number of hydrogen-bond acceptors (Lipinski definition) is 4. The van der Waals surface area contributed by atoms with Crippen LogP contribution in [0.1, 0.15) is 18.4 Å². The Labute approximate surface area is 106 Å². The van der Waals surface area contributed by atoms with E-state index >= 15 is 0 Å². The number of carbonyl (C=O) groups is 1. The summed E-state index contributed by atoms with van der Waals surface area (Å²) in [7, 11) is 1.95. The van der Waals surface area contributed by atoms with E-state index < -0.39 is 5.97 Å². The van der Waals surface area contributed by atoms with Crippen LogP contribution in [0.25, 0.3) is 0 Å². The highest BCUT2D eigenvalue weighted by atomic mass is 16.7. The van der Waals surface area contributed by atoms with Gasteiger partial charge in [0.1, 0.15) is 0 Å². The molecule has 0 fully saturated rings. The van der Waals surface area contributed by atoms with Crippen molar-refractivity contribution in [2.75, 3.05) is 25.3 Å². The number of carboxylic acids is 1. The molecule has 1 aliphatic rings. The lowest BCUT2D eigenvalue weighted by atomic mass is 10.1. The molecule has 0 saturated heterocycles. The van der Waals surface area contributed by atoms with Crippen molar-refractivity contribution in [3.8, 4) is 11.5 Å². The van der Waals surface area contributed by atoms with E-state index in [1.807, 2.05) is 31.0 Å². The van der Waals surface area contributed by atoms with Gasteiger partial charge < -0.3 is 19.5 Å². The highest BCUT2D eigenvalue weighted by molar-refractivity contribution is 5.67. The largest absolute Gasteiger partial charge is 0.481 e. The third-order valence-electron chi connectivity index (χ3n) is 2.99. The smallest absolute Gasteiger partial charge is 0.303 e. The average molecular weight is 251 g/mol. The van der Waals surface area contributed by atoms with Crippen LogP contribution in [0, 0.1) is 6.92 Å². The van der Waals surface area contributed by atoms with Gasteiger partial charge in [-0.05, 0) is 25.0 Å². The van der Waals surface area contributed by atoms with Gasteiger partial charge in [0, 0.05) is 31.8 Å². The van der Waals surface area contributed by atoms with E-state index in [1.165, 1.54) is 0 Å². The van der Waals surface area contributed by atoms with Gasteiger partial charge >= 0.3 is 5.97 Å². The Hall–Kier alpha value is -1.91. The maximum atomic E-state index is 10.5. The van der Waals surface area contributed by atoms with Crippen LogP contribution in [-0.2, 0) is 4.79 Å². The van der Waals surface area contributed by atoms with Gasteiger partial charge in [-0.1, -0.05) is 0 Å². The summed E-state index contributed by atoms with van der Waals surface area (Å²) in [5.41, 5.74) is 2.14. The normalized spacial score (nSPS) is 12.6. The topological polar surface area (TPSA) is 59.0 Å². The number of aliphatic carboxylic acids is 1. The molecule has 0 saturated carbocycles. The Morgan fingerprint density at radius 3 is 2.72 bits per heavy atom. The molecule has 0 spiro atoms. The Balaban J connectivity index is 2.05. The van der Waals surface area contributed by atoms with Crippen molar-refractivity contribution in [1.29, 1.82) is 0 Å². The molecular weight excluding hydrogens is 234 g/mol. The van der Waals surface area contributed by atoms with Gasteiger partial charge in [-0.15, -0.1) is 0 Å². The van der Waals surface area contributed by atoms with Crippen molar-refractivity contribution >= 4 is 11.7 Å². The van der Waals surface area contributed by atoms with E-state index in [0.29, 0.717) is 13.0 Å². The second kappa shape index (κ2) is 5.16. The Morgan fingerprint density at radius 2 is 2.06 bits per heavy atom. The van der Waals surface area contributed by atoms with E-state index in [2.05, 4.69) is 0 Å². The fraction of sp³-hybridized carbons (Fsp3) is 0.462. The zero-order chi connectivity index (χ0) is 13.1. The molecule has 0 atom stereocenters. The summed E-state index contributed by atoms with van der Waals surface area (Å²) >= 11 is 0. The van der Waals surface area contributed by atoms with Gasteiger partial charge in [-0.3, -0.25) is 4.79 Å². The molecule has 0 aromatic heterocycles. The molecule has 98 valence electrons. The SMILES string of the molecule is Cc1cc2c(cc1N(C)CCCC(=O)O)OCO2. The van der Waals surface area contributed by atoms with Crippen LogP contribution >= 0.6 is 0 Å². The first-order valence-corrected chi connectivity index (χ1v) is 5.91. The Bertz CT molecular complexity index is 459. The van der Waals surface area contributed by atoms with Crippen molar-refractivity contribution in [2.24, 2.45) is 0 Å². The third-order valence-corrected chi connectivity index (χ3v) is 2.99. The van der Waals surface area contributed by atoms with Crippen LogP contribution in [0.15, 0.2) is 12.1 Å². The number of ether oxygens (including phenoxy) is 2. The number of aryl methyl sites for hydroxylation is 1. The lowest BCUT2D eigenvalue weighted by Gasteiger charge is -2.21. The van der Waals surface area contributed by atoms with Crippen LogP contribution in [-0.4, -0.2) is 31.5 Å². The highest BCUT2D eigenvalue weighted by Gasteiger charge is 2.17. The number of nitrogens with zero attached hydrogens (tertiary/aromatic N) is 1. The predicted molar refractivity (Wildman–Crippen MR) is 67.4 cm³/mol. The molecule has 5 heteroatoms. The minimum atomic E-state index is -0.759. The number of rotatable bonds is 5. The molecule has 1 heterocycles. The van der Waals surface area contributed by atoms with Crippen LogP contribution in [0.3, 0.4) is 0 Å². The lowest BCUT2D eigenvalue weighted by molar-refractivity contribution is -0.137. The number of fused-ring (bicyclic) bond motifs is 1. The van der Waals surface area contributed by atoms with Crippen LogP contribution in [0.5, 0.6) is 11.5 Å². The van der Waals surface area contributed by atoms with Crippen molar-refractivity contribution < 1.29 is 19.4 Å². The van der Waals surface area contributed by atoms with Gasteiger partial charge in [-0.25, -0.2) is 0 Å². The molecular formula is C13H17NO4. The van der Waals surface area contributed by atoms with Gasteiger partial charge in [0.15, 0.2) is 11.5 Å². The molecule has 5 nitrogen and oxygen atoms in total. The summed E-state index contributed by atoms with van der Waals surface area (Å²) in [5, 5.41) is 8.62. The first-order valence-electron chi connectivity index (χ1n) is 5.91. The minimum absolute atomic E-state index is 0.188. The predicted octanol–water partition coefficient (Wildman–Crippen LogP) is 2.02. The maximum absolute atomic E-state index is 10.5. The molecule has 0 radical (unpaired) electrons. The number of benzene rings is 1. The molecule has 0 bridgehead atoms. The molecule has 1 aromatic carbocycles. The third kappa shape index (κ3) is 2.67. The first-order chi connectivity index (χ1) is 8.58. The number of anilines is 1. The van der Waals surface area contributed by atoms with Crippen LogP contribution in [0.2, 0.25) is 0 Å². The summed E-state index contributed by atoms with van der Waals surface area (Å²) in [6.45, 7) is 2.97. The Morgan fingerprint density at radius 1 is 1.39 bits per heavy atom. The fourth-order valence-corrected chi connectivity index (χ4v) is 2.03. The zero-order valence-electron chi connectivity index (χ0n) is 10.6. The lowest BCUT2D eigenvalue weighted by Crippen LogP contribution is -2.20. The molecule has 18 heavy (non-hydrogen) atoms. The molecule has 0 amide bonds. The van der Waals surface area contributed by atoms with E-state index in [-0.39, 0.29) is 13.2 Å². The molecule has 2 rings (SSSR count). The van der Waals surface area contributed by atoms with Gasteiger partial charge in [0.2, 0.25) is 6.79 Å². The van der Waals surface area contributed by atoms with E-state index in [1.54, 1.807) is 0 Å². The van der Waals surface area contributed by atoms with Crippen molar-refractivity contribution in [2.45, 2.75) is 19.8 Å². The molecule has 1 N–H and O–H groups in total. The summed E-state index contributed by atoms with van der Waals surface area (Å²) in [6.07, 6.45) is 0.813. The fourth-order valence-electron chi connectivity index (χ4n) is 2.03. The average Bonchev–Trinajstić information content (AvgIpc) is 2.74. The first kappa shape index (κ1) is 12.5. The van der Waals surface area contributed by atoms with Crippen LogP contribution < -0.4 is 14.4 Å². The van der Waals surface area contributed by atoms with Gasteiger partial charge in [0.05, 0.1) is 0 Å². The standard InChI is InChI=1S/C13H17NO4/c1-9-6-11-12(18-8-17-11)7-10(9)14(2)5-3-4-13(15)16/h6-7H,3-5,8H2,1-2H3,(H,15,16). The second-order valence-electron chi connectivity index (χ2n) is 4.41. The minimum Gasteiger partial charge on any atom is -0.481 e. The highest BCUT2D eigenvalue weighted by Crippen LogP contribution is 2.37. The molecule has 0 aliphatic carbocycles. The quantitative estimate of drug-likeness (QED) is 0.867. The Kier molecular flexibility index (Phi) is 3.60. The molecule has 0 unspecified atom stereocenters. The van der Waals surface area contributed by atoms with E-state index in [9.17, 15) is 4.79 Å². The number of hydrogen-bond donors (Lipinski definition) is 1. The summed E-state index contributed by atoms with van der Waals surface area (Å²) in [5.74, 6) is 0.765. The summed E-state index contributed by atoms with van der Waals surface area (Å²) < 4.78 is 10.7.